The van der Waals surface area contributed by atoms with E-state index in [9.17, 15) is 4.79 Å². The first-order valence-corrected chi connectivity index (χ1v) is 5.24. The summed E-state index contributed by atoms with van der Waals surface area (Å²) in [6.45, 7) is 3.98. The molecule has 0 atom stereocenters. The van der Waals surface area contributed by atoms with E-state index >= 15 is 0 Å². The van der Waals surface area contributed by atoms with Crippen LogP contribution in [0, 0.1) is 6.92 Å². The summed E-state index contributed by atoms with van der Waals surface area (Å²) in [5, 5.41) is 0. The number of ketones is 1. The number of benzene rings is 1. The smallest absolute Gasteiger partial charge is 0.164 e. The fourth-order valence-electron chi connectivity index (χ4n) is 1.34. The fraction of sp³-hybridized carbons (Fsp3) is 0.364. The molecule has 0 spiro atoms. The van der Waals surface area contributed by atoms with Gasteiger partial charge in [-0.15, -0.1) is 0 Å². The van der Waals surface area contributed by atoms with E-state index in [1.165, 1.54) is 0 Å². The van der Waals surface area contributed by atoms with Gasteiger partial charge < -0.3 is 0 Å². The van der Waals surface area contributed by atoms with Crippen LogP contribution in [0.15, 0.2) is 22.7 Å². The second-order valence-electron chi connectivity index (χ2n) is 3.10. The van der Waals surface area contributed by atoms with Crippen LogP contribution in [0.2, 0.25) is 0 Å². The third-order valence-corrected chi connectivity index (χ3v) is 2.64. The Morgan fingerprint density at radius 3 is 2.69 bits per heavy atom. The second-order valence-corrected chi connectivity index (χ2v) is 3.96. The molecule has 0 saturated carbocycles. The fourth-order valence-corrected chi connectivity index (χ4v) is 2.02. The molecule has 13 heavy (non-hydrogen) atoms. The lowest BCUT2D eigenvalue weighted by atomic mass is 10.0. The van der Waals surface area contributed by atoms with Crippen molar-refractivity contribution >= 4 is 21.7 Å². The lowest BCUT2D eigenvalue weighted by molar-refractivity contribution is 0.0980. The monoisotopic (exact) mass is 240 g/mol. The van der Waals surface area contributed by atoms with Gasteiger partial charge in [0.05, 0.1) is 0 Å². The zero-order valence-electron chi connectivity index (χ0n) is 7.93. The SMILES string of the molecule is CCCC(=O)c1c(C)cccc1Br. The van der Waals surface area contributed by atoms with Gasteiger partial charge in [-0.1, -0.05) is 35.0 Å². The van der Waals surface area contributed by atoms with Crippen LogP contribution in [-0.4, -0.2) is 5.78 Å². The minimum absolute atomic E-state index is 0.229. The average Bonchev–Trinajstić information content (AvgIpc) is 2.04. The van der Waals surface area contributed by atoms with Crippen molar-refractivity contribution in [2.45, 2.75) is 26.7 Å². The van der Waals surface area contributed by atoms with Gasteiger partial charge in [-0.3, -0.25) is 4.79 Å². The first-order chi connectivity index (χ1) is 6.16. The summed E-state index contributed by atoms with van der Waals surface area (Å²) in [6, 6.07) is 5.83. The van der Waals surface area contributed by atoms with Gasteiger partial charge in [0, 0.05) is 16.5 Å². The highest BCUT2D eigenvalue weighted by Gasteiger charge is 2.10. The van der Waals surface area contributed by atoms with Crippen LogP contribution in [0.1, 0.15) is 35.7 Å². The van der Waals surface area contributed by atoms with Crippen molar-refractivity contribution in [2.75, 3.05) is 0 Å². The first kappa shape index (κ1) is 10.5. The maximum absolute atomic E-state index is 11.7. The Hall–Kier alpha value is -0.630. The molecule has 0 saturated heterocycles. The van der Waals surface area contributed by atoms with Crippen molar-refractivity contribution in [1.29, 1.82) is 0 Å². The number of carbonyl (C=O) groups excluding carboxylic acids is 1. The van der Waals surface area contributed by atoms with Crippen LogP contribution in [0.5, 0.6) is 0 Å². The molecule has 0 aliphatic heterocycles. The van der Waals surface area contributed by atoms with Crippen molar-refractivity contribution in [3.05, 3.63) is 33.8 Å². The molecular weight excluding hydrogens is 228 g/mol. The Balaban J connectivity index is 3.05. The van der Waals surface area contributed by atoms with Gasteiger partial charge in [-0.05, 0) is 25.0 Å². The predicted octanol–water partition coefficient (Wildman–Crippen LogP) is 3.74. The van der Waals surface area contributed by atoms with Gasteiger partial charge in [0.25, 0.3) is 0 Å². The molecule has 1 aromatic carbocycles. The first-order valence-electron chi connectivity index (χ1n) is 4.45. The van der Waals surface area contributed by atoms with Crippen molar-refractivity contribution in [3.63, 3.8) is 0 Å². The Morgan fingerprint density at radius 1 is 1.46 bits per heavy atom. The van der Waals surface area contributed by atoms with E-state index in [1.54, 1.807) is 0 Å². The van der Waals surface area contributed by atoms with Crippen LogP contribution >= 0.6 is 15.9 Å². The molecule has 2 heteroatoms. The van der Waals surface area contributed by atoms with Crippen LogP contribution in [0.25, 0.3) is 0 Å². The highest BCUT2D eigenvalue weighted by molar-refractivity contribution is 9.10. The van der Waals surface area contributed by atoms with Gasteiger partial charge in [0.2, 0.25) is 0 Å². The van der Waals surface area contributed by atoms with E-state index in [-0.39, 0.29) is 5.78 Å². The molecule has 0 aliphatic rings. The van der Waals surface area contributed by atoms with Crippen LogP contribution < -0.4 is 0 Å². The molecule has 0 radical (unpaired) electrons. The lowest BCUT2D eigenvalue weighted by Gasteiger charge is -2.05. The molecule has 0 N–H and O–H groups in total. The van der Waals surface area contributed by atoms with E-state index in [2.05, 4.69) is 15.9 Å². The van der Waals surface area contributed by atoms with Crippen molar-refractivity contribution < 1.29 is 4.79 Å². The molecule has 0 heterocycles. The van der Waals surface area contributed by atoms with Crippen LogP contribution in [0.4, 0.5) is 0 Å². The van der Waals surface area contributed by atoms with Crippen LogP contribution in [0.3, 0.4) is 0 Å². The molecule has 1 aromatic rings. The standard InChI is InChI=1S/C11H13BrO/c1-3-5-10(13)11-8(2)6-4-7-9(11)12/h4,6-7H,3,5H2,1-2H3. The van der Waals surface area contributed by atoms with E-state index in [0.717, 1.165) is 22.0 Å². The third kappa shape index (κ3) is 2.41. The molecule has 0 amide bonds. The van der Waals surface area contributed by atoms with Crippen molar-refractivity contribution in [1.82, 2.24) is 0 Å². The molecule has 1 nitrogen and oxygen atoms in total. The molecule has 0 fully saturated rings. The number of hydrogen-bond acceptors (Lipinski definition) is 1. The number of rotatable bonds is 3. The summed E-state index contributed by atoms with van der Waals surface area (Å²) < 4.78 is 0.908. The molecule has 70 valence electrons. The summed E-state index contributed by atoms with van der Waals surface area (Å²) in [6.07, 6.45) is 1.53. The molecular formula is C11H13BrO. The summed E-state index contributed by atoms with van der Waals surface area (Å²) in [7, 11) is 0. The highest BCUT2D eigenvalue weighted by Crippen LogP contribution is 2.21. The highest BCUT2D eigenvalue weighted by atomic mass is 79.9. The Bertz CT molecular complexity index is 298. The number of carbonyl (C=O) groups is 1. The third-order valence-electron chi connectivity index (χ3n) is 1.98. The zero-order valence-corrected chi connectivity index (χ0v) is 9.52. The predicted molar refractivity (Wildman–Crippen MR) is 58.1 cm³/mol. The molecule has 0 aliphatic carbocycles. The largest absolute Gasteiger partial charge is 0.294 e. The summed E-state index contributed by atoms with van der Waals surface area (Å²) in [5.41, 5.74) is 1.89. The normalized spacial score (nSPS) is 10.1. The number of hydrogen-bond donors (Lipinski definition) is 0. The zero-order chi connectivity index (χ0) is 9.84. The maximum Gasteiger partial charge on any atom is 0.164 e. The molecule has 0 unspecified atom stereocenters. The van der Waals surface area contributed by atoms with Gasteiger partial charge >= 0.3 is 0 Å². The number of Topliss-reactive ketones (excluding diaryl/α,β-unsaturated/α-hetero) is 1. The summed E-state index contributed by atoms with van der Waals surface area (Å²) in [5.74, 6) is 0.229. The van der Waals surface area contributed by atoms with Gasteiger partial charge in [0.1, 0.15) is 0 Å². The van der Waals surface area contributed by atoms with E-state index in [4.69, 9.17) is 0 Å². The van der Waals surface area contributed by atoms with E-state index < -0.39 is 0 Å². The molecule has 0 bridgehead atoms. The van der Waals surface area contributed by atoms with Gasteiger partial charge in [-0.2, -0.15) is 0 Å². The minimum Gasteiger partial charge on any atom is -0.294 e. The number of halogens is 1. The second kappa shape index (κ2) is 4.56. The Labute approximate surface area is 87.3 Å². The van der Waals surface area contributed by atoms with Crippen molar-refractivity contribution in [3.8, 4) is 0 Å². The molecule has 1 rings (SSSR count). The summed E-state index contributed by atoms with van der Waals surface area (Å²) >= 11 is 3.40. The van der Waals surface area contributed by atoms with E-state index in [0.29, 0.717) is 6.42 Å². The van der Waals surface area contributed by atoms with Gasteiger partial charge in [-0.25, -0.2) is 0 Å². The average molecular weight is 241 g/mol. The van der Waals surface area contributed by atoms with Crippen molar-refractivity contribution in [2.24, 2.45) is 0 Å². The lowest BCUT2D eigenvalue weighted by Crippen LogP contribution is -2.01. The summed E-state index contributed by atoms with van der Waals surface area (Å²) in [4.78, 5) is 11.7. The van der Waals surface area contributed by atoms with E-state index in [1.807, 2.05) is 32.0 Å². The molecule has 0 aromatic heterocycles. The topological polar surface area (TPSA) is 17.1 Å². The van der Waals surface area contributed by atoms with Crippen LogP contribution in [-0.2, 0) is 0 Å². The van der Waals surface area contributed by atoms with Gasteiger partial charge in [0.15, 0.2) is 5.78 Å². The Morgan fingerprint density at radius 2 is 2.15 bits per heavy atom. The number of aryl methyl sites for hydroxylation is 1. The minimum atomic E-state index is 0.229. The quantitative estimate of drug-likeness (QED) is 0.736. The maximum atomic E-state index is 11.7. The Kier molecular flexibility index (Phi) is 3.67.